The van der Waals surface area contributed by atoms with Crippen LogP contribution in [0.3, 0.4) is 0 Å². The van der Waals surface area contributed by atoms with E-state index in [-0.39, 0.29) is 0 Å². The highest BCUT2D eigenvalue weighted by molar-refractivity contribution is 5.78. The molecule has 0 radical (unpaired) electrons. The Kier molecular flexibility index (Phi) is 4.02. The lowest BCUT2D eigenvalue weighted by molar-refractivity contribution is -0.139. The van der Waals surface area contributed by atoms with Gasteiger partial charge >= 0.3 is 5.97 Å². The first kappa shape index (κ1) is 13.8. The van der Waals surface area contributed by atoms with Crippen molar-refractivity contribution in [2.24, 2.45) is 5.92 Å². The maximum Gasteiger partial charge on any atom is 0.326 e. The van der Waals surface area contributed by atoms with E-state index in [0.29, 0.717) is 18.3 Å². The zero-order valence-electron chi connectivity index (χ0n) is 11.7. The van der Waals surface area contributed by atoms with Gasteiger partial charge in [-0.3, -0.25) is 0 Å². The highest BCUT2D eigenvalue weighted by Gasteiger charge is 2.32. The Morgan fingerprint density at radius 3 is 2.84 bits per heavy atom. The number of aromatic nitrogens is 2. The Hall–Kier alpha value is -1.65. The van der Waals surface area contributed by atoms with Crippen molar-refractivity contribution >= 4 is 11.8 Å². The predicted octanol–water partition coefficient (Wildman–Crippen LogP) is 2.29. The minimum atomic E-state index is -0.767. The van der Waals surface area contributed by atoms with Gasteiger partial charge in [-0.1, -0.05) is 20.8 Å². The molecule has 1 aromatic heterocycles. The van der Waals surface area contributed by atoms with E-state index in [2.05, 4.69) is 30.7 Å². The Balaban J connectivity index is 2.28. The molecule has 5 nitrogen and oxygen atoms in total. The van der Waals surface area contributed by atoms with Crippen LogP contribution in [0.25, 0.3) is 0 Å². The summed E-state index contributed by atoms with van der Waals surface area (Å²) in [5.41, 5.74) is 0.952. The summed E-state index contributed by atoms with van der Waals surface area (Å²) in [7, 11) is 0. The monoisotopic (exact) mass is 263 g/mol. The van der Waals surface area contributed by atoms with Crippen LogP contribution >= 0.6 is 0 Å². The second kappa shape index (κ2) is 5.55. The maximum absolute atomic E-state index is 11.4. The van der Waals surface area contributed by atoms with Gasteiger partial charge in [-0.05, 0) is 24.7 Å². The summed E-state index contributed by atoms with van der Waals surface area (Å²) >= 11 is 0. The predicted molar refractivity (Wildman–Crippen MR) is 73.3 cm³/mol. The molecule has 2 atom stereocenters. The van der Waals surface area contributed by atoms with E-state index >= 15 is 0 Å². The molecule has 2 rings (SSSR count). The summed E-state index contributed by atoms with van der Waals surface area (Å²) in [4.78, 5) is 21.8. The lowest BCUT2D eigenvalue weighted by Crippen LogP contribution is -2.47. The SMILES string of the molecule is CC1CCN(c2cc(C(C)C)ncn2)C(C(=O)O)C1. The van der Waals surface area contributed by atoms with Gasteiger partial charge in [-0.15, -0.1) is 0 Å². The van der Waals surface area contributed by atoms with Crippen LogP contribution in [-0.4, -0.2) is 33.6 Å². The summed E-state index contributed by atoms with van der Waals surface area (Å²) in [5.74, 6) is 0.728. The fourth-order valence-electron chi connectivity index (χ4n) is 2.48. The van der Waals surface area contributed by atoms with Gasteiger partial charge in [0.1, 0.15) is 18.2 Å². The highest BCUT2D eigenvalue weighted by atomic mass is 16.4. The lowest BCUT2D eigenvalue weighted by Gasteiger charge is -2.36. The maximum atomic E-state index is 11.4. The van der Waals surface area contributed by atoms with Crippen LogP contribution in [0.5, 0.6) is 0 Å². The fraction of sp³-hybridized carbons (Fsp3) is 0.643. The van der Waals surface area contributed by atoms with Crippen molar-refractivity contribution in [1.29, 1.82) is 0 Å². The third-order valence-corrected chi connectivity index (χ3v) is 3.71. The molecule has 5 heteroatoms. The molecule has 104 valence electrons. The van der Waals surface area contributed by atoms with Crippen molar-refractivity contribution in [2.45, 2.75) is 45.6 Å². The molecule has 2 unspecified atom stereocenters. The quantitative estimate of drug-likeness (QED) is 0.906. The van der Waals surface area contributed by atoms with Gasteiger partial charge in [0, 0.05) is 18.3 Å². The first-order chi connectivity index (χ1) is 8.99. The summed E-state index contributed by atoms with van der Waals surface area (Å²) in [6, 6.07) is 1.44. The van der Waals surface area contributed by atoms with Crippen molar-refractivity contribution in [3.05, 3.63) is 18.1 Å². The molecule has 1 aliphatic rings. The molecule has 19 heavy (non-hydrogen) atoms. The summed E-state index contributed by atoms with van der Waals surface area (Å²) in [6.07, 6.45) is 3.21. The molecule has 0 aromatic carbocycles. The first-order valence-electron chi connectivity index (χ1n) is 6.80. The fourth-order valence-corrected chi connectivity index (χ4v) is 2.48. The van der Waals surface area contributed by atoms with E-state index in [0.717, 1.165) is 24.5 Å². The normalized spacial score (nSPS) is 23.7. The van der Waals surface area contributed by atoms with Crippen LogP contribution in [0, 0.1) is 5.92 Å². The Bertz CT molecular complexity index is 462. The third kappa shape index (κ3) is 3.03. The van der Waals surface area contributed by atoms with Gasteiger partial charge in [-0.2, -0.15) is 0 Å². The number of carbonyl (C=O) groups is 1. The number of piperidine rings is 1. The lowest BCUT2D eigenvalue weighted by atomic mass is 9.92. The molecule has 0 spiro atoms. The molecule has 1 aromatic rings. The number of carboxylic acids is 1. The molecule has 1 fully saturated rings. The van der Waals surface area contributed by atoms with Crippen molar-refractivity contribution in [2.75, 3.05) is 11.4 Å². The van der Waals surface area contributed by atoms with Crippen molar-refractivity contribution in [1.82, 2.24) is 9.97 Å². The average Bonchev–Trinajstić information content (AvgIpc) is 2.38. The number of nitrogens with zero attached hydrogens (tertiary/aromatic N) is 3. The van der Waals surface area contributed by atoms with Crippen LogP contribution in [0.1, 0.15) is 45.2 Å². The molecule has 0 saturated carbocycles. The Morgan fingerprint density at radius 2 is 2.21 bits per heavy atom. The van der Waals surface area contributed by atoms with Crippen LogP contribution in [0.4, 0.5) is 5.82 Å². The molecule has 0 amide bonds. The van der Waals surface area contributed by atoms with E-state index in [1.54, 1.807) is 0 Å². The molecule has 1 saturated heterocycles. The Morgan fingerprint density at radius 1 is 1.47 bits per heavy atom. The van der Waals surface area contributed by atoms with Gasteiger partial charge in [0.2, 0.25) is 0 Å². The molecule has 1 N–H and O–H groups in total. The van der Waals surface area contributed by atoms with E-state index < -0.39 is 12.0 Å². The van der Waals surface area contributed by atoms with E-state index in [9.17, 15) is 9.90 Å². The minimum absolute atomic E-state index is 0.314. The Labute approximate surface area is 113 Å². The number of hydrogen-bond donors (Lipinski definition) is 1. The standard InChI is InChI=1S/C14H21N3O2/c1-9(2)11-7-13(16-8-15-11)17-5-4-10(3)6-12(17)14(18)19/h7-10,12H,4-6H2,1-3H3,(H,18,19). The first-order valence-corrected chi connectivity index (χ1v) is 6.80. The summed E-state index contributed by atoms with van der Waals surface area (Å²) in [5, 5.41) is 9.38. The second-order valence-corrected chi connectivity index (χ2v) is 5.63. The van der Waals surface area contributed by atoms with Crippen molar-refractivity contribution < 1.29 is 9.90 Å². The highest BCUT2D eigenvalue weighted by Crippen LogP contribution is 2.27. The topological polar surface area (TPSA) is 66.3 Å². The van der Waals surface area contributed by atoms with E-state index in [4.69, 9.17) is 0 Å². The van der Waals surface area contributed by atoms with Crippen LogP contribution < -0.4 is 4.90 Å². The van der Waals surface area contributed by atoms with Gasteiger partial charge in [0.25, 0.3) is 0 Å². The molecular formula is C14H21N3O2. The summed E-state index contributed by atoms with van der Waals surface area (Å²) in [6.45, 7) is 6.98. The smallest absolute Gasteiger partial charge is 0.326 e. The number of anilines is 1. The van der Waals surface area contributed by atoms with E-state index in [1.807, 2.05) is 11.0 Å². The van der Waals surface area contributed by atoms with Gasteiger partial charge in [0.05, 0.1) is 0 Å². The van der Waals surface area contributed by atoms with Crippen LogP contribution in [-0.2, 0) is 4.79 Å². The van der Waals surface area contributed by atoms with E-state index in [1.165, 1.54) is 6.33 Å². The average molecular weight is 263 g/mol. The molecule has 2 heterocycles. The largest absolute Gasteiger partial charge is 0.480 e. The minimum Gasteiger partial charge on any atom is -0.480 e. The zero-order valence-corrected chi connectivity index (χ0v) is 11.7. The van der Waals surface area contributed by atoms with Crippen molar-refractivity contribution in [3.8, 4) is 0 Å². The molecule has 1 aliphatic heterocycles. The van der Waals surface area contributed by atoms with Crippen molar-refractivity contribution in [3.63, 3.8) is 0 Å². The molecule has 0 aliphatic carbocycles. The number of aliphatic carboxylic acids is 1. The summed E-state index contributed by atoms with van der Waals surface area (Å²) < 4.78 is 0. The number of hydrogen-bond acceptors (Lipinski definition) is 4. The molecular weight excluding hydrogens is 242 g/mol. The number of rotatable bonds is 3. The number of carboxylic acid groups (broad SMARTS) is 1. The van der Waals surface area contributed by atoms with Gasteiger partial charge in [-0.25, -0.2) is 14.8 Å². The molecule has 0 bridgehead atoms. The van der Waals surface area contributed by atoms with Crippen LogP contribution in [0.2, 0.25) is 0 Å². The van der Waals surface area contributed by atoms with Gasteiger partial charge < -0.3 is 10.0 Å². The van der Waals surface area contributed by atoms with Crippen LogP contribution in [0.15, 0.2) is 12.4 Å². The zero-order chi connectivity index (χ0) is 14.0. The third-order valence-electron chi connectivity index (χ3n) is 3.71. The van der Waals surface area contributed by atoms with Gasteiger partial charge in [0.15, 0.2) is 0 Å². The second-order valence-electron chi connectivity index (χ2n) is 5.63.